The van der Waals surface area contributed by atoms with Crippen LogP contribution in [0.1, 0.15) is 42.8 Å². The molecule has 5 heteroatoms. The highest BCUT2D eigenvalue weighted by Crippen LogP contribution is 2.30. The van der Waals surface area contributed by atoms with Gasteiger partial charge in [0.1, 0.15) is 0 Å². The topological polar surface area (TPSA) is 45.2 Å². The van der Waals surface area contributed by atoms with Gasteiger partial charge in [0.05, 0.1) is 5.01 Å². The predicted molar refractivity (Wildman–Crippen MR) is 85.5 cm³/mol. The van der Waals surface area contributed by atoms with Crippen molar-refractivity contribution < 1.29 is 4.79 Å². The molecule has 2 aliphatic rings. The van der Waals surface area contributed by atoms with E-state index in [1.165, 1.54) is 17.8 Å². The minimum Gasteiger partial charge on any atom is -0.342 e. The fourth-order valence-corrected chi connectivity index (χ4v) is 3.72. The van der Waals surface area contributed by atoms with Crippen molar-refractivity contribution >= 4 is 17.2 Å². The van der Waals surface area contributed by atoms with E-state index in [-0.39, 0.29) is 0 Å². The molecule has 1 saturated heterocycles. The van der Waals surface area contributed by atoms with Crippen LogP contribution < -0.4 is 5.32 Å². The molecule has 1 aromatic heterocycles. The Kier molecular flexibility index (Phi) is 4.91. The number of hydrogen-bond acceptors (Lipinski definition) is 4. The van der Waals surface area contributed by atoms with Crippen LogP contribution >= 0.6 is 11.3 Å². The first-order valence-electron chi connectivity index (χ1n) is 8.13. The van der Waals surface area contributed by atoms with Gasteiger partial charge >= 0.3 is 0 Å². The molecule has 1 N–H and O–H groups in total. The lowest BCUT2D eigenvalue weighted by Crippen LogP contribution is -2.34. The quantitative estimate of drug-likeness (QED) is 0.877. The number of nitrogens with one attached hydrogen (secondary N) is 1. The van der Waals surface area contributed by atoms with E-state index in [9.17, 15) is 4.79 Å². The van der Waals surface area contributed by atoms with Crippen LogP contribution in [0.4, 0.5) is 0 Å². The number of rotatable bonds is 6. The fraction of sp³-hybridized carbons (Fsp3) is 0.750. The van der Waals surface area contributed by atoms with Crippen molar-refractivity contribution in [3.05, 3.63) is 16.1 Å². The van der Waals surface area contributed by atoms with Crippen molar-refractivity contribution in [3.8, 4) is 0 Å². The molecular weight excluding hydrogens is 282 g/mol. The third-order valence-corrected chi connectivity index (χ3v) is 5.45. The molecular formula is C16H25N3OS. The van der Waals surface area contributed by atoms with Crippen molar-refractivity contribution in [2.75, 3.05) is 19.6 Å². The van der Waals surface area contributed by atoms with Crippen molar-refractivity contribution in [3.63, 3.8) is 0 Å². The highest BCUT2D eigenvalue weighted by molar-refractivity contribution is 7.09. The second kappa shape index (κ2) is 6.88. The fourth-order valence-electron chi connectivity index (χ4n) is 2.95. The Labute approximate surface area is 130 Å². The maximum atomic E-state index is 12.1. The van der Waals surface area contributed by atoms with Gasteiger partial charge in [-0.25, -0.2) is 4.98 Å². The maximum Gasteiger partial charge on any atom is 0.222 e. The molecule has 4 nitrogen and oxygen atoms in total. The van der Waals surface area contributed by atoms with E-state index in [1.807, 2.05) is 6.92 Å². The van der Waals surface area contributed by atoms with E-state index in [4.69, 9.17) is 0 Å². The zero-order chi connectivity index (χ0) is 14.7. The molecule has 0 unspecified atom stereocenters. The predicted octanol–water partition coefficient (Wildman–Crippen LogP) is 2.37. The second-order valence-electron chi connectivity index (χ2n) is 6.39. The average Bonchev–Trinajstić information content (AvgIpc) is 3.22. The summed E-state index contributed by atoms with van der Waals surface area (Å²) in [6.07, 6.45) is 6.42. The minimum absolute atomic E-state index is 0.363. The standard InChI is InChI=1S/C16H25N3OS/c1-12-11-21-15(18-12)6-8-17-14-4-5-16(20)19(9-7-14)10-13-2-3-13/h11,13-14,17H,2-10H2,1H3/t14-/m1/s1. The lowest BCUT2D eigenvalue weighted by Gasteiger charge is -2.20. The smallest absolute Gasteiger partial charge is 0.222 e. The van der Waals surface area contributed by atoms with Gasteiger partial charge in [-0.3, -0.25) is 4.79 Å². The third-order valence-electron chi connectivity index (χ3n) is 4.42. The van der Waals surface area contributed by atoms with Gasteiger partial charge in [-0.1, -0.05) is 0 Å². The molecule has 0 aromatic carbocycles. The summed E-state index contributed by atoms with van der Waals surface area (Å²) < 4.78 is 0. The number of nitrogens with zero attached hydrogens (tertiary/aromatic N) is 2. The van der Waals surface area contributed by atoms with Gasteiger partial charge < -0.3 is 10.2 Å². The van der Waals surface area contributed by atoms with Crippen LogP contribution in [-0.4, -0.2) is 41.5 Å². The zero-order valence-electron chi connectivity index (χ0n) is 12.8. The summed E-state index contributed by atoms with van der Waals surface area (Å²) in [4.78, 5) is 18.7. The largest absolute Gasteiger partial charge is 0.342 e. The number of aromatic nitrogens is 1. The van der Waals surface area contributed by atoms with Crippen LogP contribution in [0, 0.1) is 12.8 Å². The molecule has 2 heterocycles. The van der Waals surface area contributed by atoms with E-state index in [0.29, 0.717) is 18.4 Å². The molecule has 3 rings (SSSR count). The number of amides is 1. The third kappa shape index (κ3) is 4.51. The summed E-state index contributed by atoms with van der Waals surface area (Å²) in [5, 5.41) is 6.93. The lowest BCUT2D eigenvalue weighted by molar-refractivity contribution is -0.130. The number of likely N-dealkylation sites (tertiary alicyclic amines) is 1. The minimum atomic E-state index is 0.363. The number of aryl methyl sites for hydroxylation is 1. The highest BCUT2D eigenvalue weighted by atomic mass is 32.1. The van der Waals surface area contributed by atoms with Crippen molar-refractivity contribution in [1.82, 2.24) is 15.2 Å². The Hall–Kier alpha value is -0.940. The number of carbonyl (C=O) groups excluding carboxylic acids is 1. The summed E-state index contributed by atoms with van der Waals surface area (Å²) in [6, 6.07) is 0.485. The summed E-state index contributed by atoms with van der Waals surface area (Å²) in [7, 11) is 0. The van der Waals surface area contributed by atoms with Gasteiger partial charge in [-0.05, 0) is 38.5 Å². The molecule has 116 valence electrons. The molecule has 1 aliphatic heterocycles. The Bertz CT molecular complexity index is 484. The van der Waals surface area contributed by atoms with Gasteiger partial charge in [0.25, 0.3) is 0 Å². The molecule has 1 aliphatic carbocycles. The summed E-state index contributed by atoms with van der Waals surface area (Å²) in [5.41, 5.74) is 1.12. The van der Waals surface area contributed by atoms with Crippen molar-refractivity contribution in [1.29, 1.82) is 0 Å². The van der Waals surface area contributed by atoms with Crippen LogP contribution in [0.25, 0.3) is 0 Å². The summed E-state index contributed by atoms with van der Waals surface area (Å²) >= 11 is 1.74. The van der Waals surface area contributed by atoms with E-state index >= 15 is 0 Å². The van der Waals surface area contributed by atoms with E-state index in [2.05, 4.69) is 20.6 Å². The Balaban J connectivity index is 1.40. The van der Waals surface area contributed by atoms with Crippen LogP contribution in [0.3, 0.4) is 0 Å². The molecule has 0 spiro atoms. The molecule has 2 fully saturated rings. The Morgan fingerprint density at radius 3 is 2.95 bits per heavy atom. The van der Waals surface area contributed by atoms with E-state index in [0.717, 1.165) is 50.5 Å². The average molecular weight is 307 g/mol. The summed E-state index contributed by atoms with van der Waals surface area (Å²) in [6.45, 7) is 4.94. The van der Waals surface area contributed by atoms with Crippen LogP contribution in [0.2, 0.25) is 0 Å². The SMILES string of the molecule is Cc1csc(CCN[C@@H]2CCC(=O)N(CC3CC3)CC2)n1. The van der Waals surface area contributed by atoms with Gasteiger partial charge in [0, 0.05) is 49.6 Å². The van der Waals surface area contributed by atoms with Crippen LogP contribution in [0.5, 0.6) is 0 Å². The van der Waals surface area contributed by atoms with Gasteiger partial charge in [-0.2, -0.15) is 0 Å². The van der Waals surface area contributed by atoms with Crippen molar-refractivity contribution in [2.45, 2.75) is 51.5 Å². The molecule has 1 aromatic rings. The van der Waals surface area contributed by atoms with E-state index in [1.54, 1.807) is 11.3 Å². The van der Waals surface area contributed by atoms with Gasteiger partial charge in [0.2, 0.25) is 5.91 Å². The monoisotopic (exact) mass is 307 g/mol. The Morgan fingerprint density at radius 1 is 1.38 bits per heavy atom. The highest BCUT2D eigenvalue weighted by Gasteiger charge is 2.28. The Morgan fingerprint density at radius 2 is 2.24 bits per heavy atom. The van der Waals surface area contributed by atoms with Crippen LogP contribution in [-0.2, 0) is 11.2 Å². The maximum absolute atomic E-state index is 12.1. The zero-order valence-corrected chi connectivity index (χ0v) is 13.6. The number of thiazole rings is 1. The van der Waals surface area contributed by atoms with Crippen molar-refractivity contribution in [2.24, 2.45) is 5.92 Å². The molecule has 1 atom stereocenters. The number of carbonyl (C=O) groups is 1. The molecule has 21 heavy (non-hydrogen) atoms. The molecule has 1 amide bonds. The first-order valence-corrected chi connectivity index (χ1v) is 9.01. The first kappa shape index (κ1) is 15.0. The second-order valence-corrected chi connectivity index (χ2v) is 7.34. The van der Waals surface area contributed by atoms with Gasteiger partial charge in [0.15, 0.2) is 0 Å². The summed E-state index contributed by atoms with van der Waals surface area (Å²) in [5.74, 6) is 1.16. The normalized spacial score (nSPS) is 23.4. The lowest BCUT2D eigenvalue weighted by atomic mass is 10.1. The molecule has 0 radical (unpaired) electrons. The molecule has 1 saturated carbocycles. The van der Waals surface area contributed by atoms with Gasteiger partial charge in [-0.15, -0.1) is 11.3 Å². The van der Waals surface area contributed by atoms with Crippen LogP contribution in [0.15, 0.2) is 5.38 Å². The first-order chi connectivity index (χ1) is 10.2. The van der Waals surface area contributed by atoms with E-state index < -0.39 is 0 Å². The molecule has 0 bridgehead atoms. The number of hydrogen-bond donors (Lipinski definition) is 1.